The topological polar surface area (TPSA) is 110 Å². The van der Waals surface area contributed by atoms with Crippen LogP contribution < -0.4 is 16.3 Å². The van der Waals surface area contributed by atoms with E-state index >= 15 is 0 Å². The van der Waals surface area contributed by atoms with Crippen molar-refractivity contribution in [1.29, 1.82) is 0 Å². The zero-order valence-electron chi connectivity index (χ0n) is 17.8. The van der Waals surface area contributed by atoms with Crippen LogP contribution in [0.4, 0.5) is 5.69 Å². The number of imidazole rings is 1. The van der Waals surface area contributed by atoms with Crippen molar-refractivity contribution in [3.63, 3.8) is 0 Å². The number of carbonyl (C=O) groups is 2. The van der Waals surface area contributed by atoms with Crippen LogP contribution in [0.2, 0.25) is 0 Å². The second-order valence-electron chi connectivity index (χ2n) is 7.51. The van der Waals surface area contributed by atoms with Gasteiger partial charge in [-0.1, -0.05) is 35.5 Å². The number of nitrogens with one attached hydrogen (secondary N) is 2. The second kappa shape index (κ2) is 8.83. The predicted octanol–water partition coefficient (Wildman–Crippen LogP) is 2.14. The van der Waals surface area contributed by atoms with Crippen LogP contribution in [-0.2, 0) is 23.7 Å². The summed E-state index contributed by atoms with van der Waals surface area (Å²) in [6, 6.07) is 13.0. The zero-order valence-corrected chi connectivity index (χ0v) is 18.6. The van der Waals surface area contributed by atoms with Crippen molar-refractivity contribution in [2.75, 3.05) is 5.32 Å². The van der Waals surface area contributed by atoms with Gasteiger partial charge in [0.05, 0.1) is 17.2 Å². The van der Waals surface area contributed by atoms with E-state index in [-0.39, 0.29) is 23.9 Å². The molecule has 2 aromatic carbocycles. The molecule has 0 spiro atoms. The summed E-state index contributed by atoms with van der Waals surface area (Å²) in [5.41, 5.74) is 4.07. The molecule has 164 valence electrons. The first-order valence-electron chi connectivity index (χ1n) is 9.92. The first kappa shape index (κ1) is 21.6. The van der Waals surface area contributed by atoms with Crippen molar-refractivity contribution in [1.82, 2.24) is 14.5 Å². The third-order valence-electron chi connectivity index (χ3n) is 5.13. The van der Waals surface area contributed by atoms with Gasteiger partial charge in [-0.25, -0.2) is 4.79 Å². The summed E-state index contributed by atoms with van der Waals surface area (Å²) in [6.07, 6.45) is 1.58. The highest BCUT2D eigenvalue weighted by atomic mass is 32.2. The molecule has 2 amide bonds. The lowest BCUT2D eigenvalue weighted by molar-refractivity contribution is -0.122. The van der Waals surface area contributed by atoms with E-state index in [0.717, 1.165) is 22.2 Å². The number of anilines is 1. The van der Waals surface area contributed by atoms with Crippen molar-refractivity contribution in [3.8, 4) is 0 Å². The molecule has 1 aliphatic rings. The number of rotatable bonds is 5. The van der Waals surface area contributed by atoms with Gasteiger partial charge in [-0.2, -0.15) is 5.10 Å². The number of amides is 2. The number of benzene rings is 2. The minimum atomic E-state index is -0.565. The molecule has 3 aromatic rings. The number of hydrogen-bond acceptors (Lipinski definition) is 6. The molecule has 9 nitrogen and oxygen atoms in total. The molecular weight excluding hydrogens is 428 g/mol. The van der Waals surface area contributed by atoms with Crippen molar-refractivity contribution in [2.45, 2.75) is 18.6 Å². The molecule has 1 fully saturated rings. The third-order valence-corrected chi connectivity index (χ3v) is 6.21. The first-order chi connectivity index (χ1) is 15.3. The molecular formula is C22H22N6O3S. The van der Waals surface area contributed by atoms with Crippen LogP contribution in [0, 0.1) is 6.92 Å². The van der Waals surface area contributed by atoms with Gasteiger partial charge in [0.2, 0.25) is 11.8 Å². The maximum atomic E-state index is 12.3. The highest BCUT2D eigenvalue weighted by molar-refractivity contribution is 8.15. The minimum absolute atomic E-state index is 0.0335. The van der Waals surface area contributed by atoms with Crippen LogP contribution in [0.5, 0.6) is 0 Å². The molecule has 32 heavy (non-hydrogen) atoms. The van der Waals surface area contributed by atoms with Gasteiger partial charge >= 0.3 is 5.69 Å². The fourth-order valence-electron chi connectivity index (χ4n) is 3.36. The number of aromatic nitrogens is 2. The smallest absolute Gasteiger partial charge is 0.326 e. The van der Waals surface area contributed by atoms with Crippen molar-refractivity contribution in [2.24, 2.45) is 24.3 Å². The van der Waals surface area contributed by atoms with Crippen LogP contribution in [0.3, 0.4) is 0 Å². The number of hydrogen-bond donors (Lipinski definition) is 2. The van der Waals surface area contributed by atoms with Crippen LogP contribution in [0.15, 0.2) is 57.5 Å². The van der Waals surface area contributed by atoms with Crippen LogP contribution in [-0.4, -0.2) is 37.6 Å². The molecule has 1 atom stereocenters. The van der Waals surface area contributed by atoms with Gasteiger partial charge in [0, 0.05) is 26.2 Å². The molecule has 4 rings (SSSR count). The lowest BCUT2D eigenvalue weighted by Crippen LogP contribution is -2.28. The van der Waals surface area contributed by atoms with Crippen molar-refractivity contribution >= 4 is 51.7 Å². The van der Waals surface area contributed by atoms with E-state index in [1.54, 1.807) is 29.4 Å². The van der Waals surface area contributed by atoms with Gasteiger partial charge < -0.3 is 10.6 Å². The highest BCUT2D eigenvalue weighted by Gasteiger charge is 2.32. The fourth-order valence-corrected chi connectivity index (χ4v) is 4.28. The Bertz CT molecular complexity index is 1320. The summed E-state index contributed by atoms with van der Waals surface area (Å²) in [6.45, 7) is 1.97. The minimum Gasteiger partial charge on any atom is -0.326 e. The Labute approximate surface area is 188 Å². The SMILES string of the molecule is Cc1ccc(NC(=O)CC2S/C(=N/N=C/c3ccc4c(c3)n(C)c(=O)n4C)NC2=O)cc1. The normalized spacial score (nSPS) is 17.4. The maximum Gasteiger partial charge on any atom is 0.328 e. The van der Waals surface area contributed by atoms with E-state index in [9.17, 15) is 14.4 Å². The predicted molar refractivity (Wildman–Crippen MR) is 127 cm³/mol. The molecule has 0 aliphatic carbocycles. The summed E-state index contributed by atoms with van der Waals surface area (Å²) in [4.78, 5) is 36.5. The van der Waals surface area contributed by atoms with Gasteiger partial charge in [-0.15, -0.1) is 5.10 Å². The highest BCUT2D eigenvalue weighted by Crippen LogP contribution is 2.23. The van der Waals surface area contributed by atoms with Crippen molar-refractivity contribution in [3.05, 3.63) is 64.1 Å². The molecule has 1 saturated heterocycles. The van der Waals surface area contributed by atoms with Crippen LogP contribution in [0.25, 0.3) is 11.0 Å². The Kier molecular flexibility index (Phi) is 5.95. The Balaban J connectivity index is 1.38. The molecule has 0 radical (unpaired) electrons. The van der Waals surface area contributed by atoms with Gasteiger partial charge in [-0.05, 0) is 36.8 Å². The largest absolute Gasteiger partial charge is 0.328 e. The molecule has 0 saturated carbocycles. The number of thioether (sulfide) groups is 1. The number of fused-ring (bicyclic) bond motifs is 1. The van der Waals surface area contributed by atoms with Crippen LogP contribution >= 0.6 is 11.8 Å². The van der Waals surface area contributed by atoms with Gasteiger partial charge in [0.25, 0.3) is 0 Å². The van der Waals surface area contributed by atoms with Gasteiger partial charge in [0.1, 0.15) is 5.25 Å². The maximum absolute atomic E-state index is 12.3. The average Bonchev–Trinajstić information content (AvgIpc) is 3.21. The molecule has 1 aliphatic heterocycles. The average molecular weight is 451 g/mol. The molecule has 0 bridgehead atoms. The lowest BCUT2D eigenvalue weighted by atomic mass is 10.2. The zero-order chi connectivity index (χ0) is 22.8. The van der Waals surface area contributed by atoms with E-state index in [4.69, 9.17) is 0 Å². The summed E-state index contributed by atoms with van der Waals surface area (Å²) >= 11 is 1.17. The van der Waals surface area contributed by atoms with E-state index in [1.165, 1.54) is 11.8 Å². The van der Waals surface area contributed by atoms with E-state index in [1.807, 2.05) is 49.4 Å². The monoisotopic (exact) mass is 450 g/mol. The van der Waals surface area contributed by atoms with Gasteiger partial charge in [-0.3, -0.25) is 18.7 Å². The Morgan fingerprint density at radius 3 is 2.59 bits per heavy atom. The number of carbonyl (C=O) groups excluding carboxylic acids is 2. The van der Waals surface area contributed by atoms with Crippen LogP contribution in [0.1, 0.15) is 17.5 Å². The molecule has 10 heteroatoms. The second-order valence-corrected chi connectivity index (χ2v) is 8.70. The standard InChI is InChI=1S/C22H22N6O3S/c1-13-4-7-15(8-5-13)24-19(29)11-18-20(30)25-21(32-18)26-23-12-14-6-9-16-17(10-14)28(3)22(31)27(16)2/h4-10,12,18H,11H2,1-3H3,(H,24,29)(H,25,26,30)/b23-12+. The molecule has 2 N–H and O–H groups in total. The van der Waals surface area contributed by atoms with Gasteiger partial charge in [0.15, 0.2) is 5.17 Å². The first-order valence-corrected chi connectivity index (χ1v) is 10.8. The lowest BCUT2D eigenvalue weighted by Gasteiger charge is -2.07. The Morgan fingerprint density at radius 1 is 1.12 bits per heavy atom. The fraction of sp³-hybridized carbons (Fsp3) is 0.227. The summed E-state index contributed by atoms with van der Waals surface area (Å²) < 4.78 is 3.15. The molecule has 1 unspecified atom stereocenters. The molecule has 2 heterocycles. The Hall–Kier alpha value is -3.66. The number of aryl methyl sites for hydroxylation is 3. The number of nitrogens with zero attached hydrogens (tertiary/aromatic N) is 4. The number of amidine groups is 1. The van der Waals surface area contributed by atoms with E-state index in [2.05, 4.69) is 20.8 Å². The molecule has 1 aromatic heterocycles. The third kappa shape index (κ3) is 4.50. The quantitative estimate of drug-likeness (QED) is 0.458. The van der Waals surface area contributed by atoms with Crippen molar-refractivity contribution < 1.29 is 9.59 Å². The Morgan fingerprint density at radius 2 is 1.84 bits per heavy atom. The van der Waals surface area contributed by atoms with E-state index < -0.39 is 5.25 Å². The summed E-state index contributed by atoms with van der Waals surface area (Å²) in [5, 5.41) is 13.3. The summed E-state index contributed by atoms with van der Waals surface area (Å²) in [5.74, 6) is -0.517. The van der Waals surface area contributed by atoms with E-state index in [0.29, 0.717) is 10.9 Å². The summed E-state index contributed by atoms with van der Waals surface area (Å²) in [7, 11) is 3.44.